The molecule has 0 aliphatic carbocycles. The molecule has 0 spiro atoms. The predicted molar refractivity (Wildman–Crippen MR) is 169 cm³/mol. The normalized spacial score (nSPS) is 30.9. The summed E-state index contributed by atoms with van der Waals surface area (Å²) in [6.45, 7) is -1.83. The summed E-state index contributed by atoms with van der Waals surface area (Å²) in [7, 11) is 0. The number of hydrogen-bond donors (Lipinski definition) is 7. The van der Waals surface area contributed by atoms with Crippen molar-refractivity contribution >= 4 is 22.7 Å². The molecule has 3 aliphatic rings. The molecule has 3 aliphatic heterocycles. The van der Waals surface area contributed by atoms with Gasteiger partial charge in [-0.25, -0.2) is 4.79 Å². The Morgan fingerprint density at radius 1 is 0.980 bits per heavy atom. The van der Waals surface area contributed by atoms with Gasteiger partial charge >= 0.3 is 5.97 Å². The number of benzene rings is 3. The number of phenolic OH excluding ortho intramolecular Hbond substituents is 1. The highest BCUT2D eigenvalue weighted by atomic mass is 16.8. The van der Waals surface area contributed by atoms with Gasteiger partial charge in [0.25, 0.3) is 0 Å². The molecule has 264 valence electrons. The Morgan fingerprint density at radius 3 is 2.52 bits per heavy atom. The van der Waals surface area contributed by atoms with Crippen LogP contribution in [0.5, 0.6) is 17.2 Å². The predicted octanol–water partition coefficient (Wildman–Crippen LogP) is 1.09. The lowest BCUT2D eigenvalue weighted by molar-refractivity contribution is -0.318. The second kappa shape index (κ2) is 13.6. The van der Waals surface area contributed by atoms with Crippen LogP contribution in [0.1, 0.15) is 38.9 Å². The van der Waals surface area contributed by atoms with Gasteiger partial charge in [0.15, 0.2) is 23.8 Å². The molecule has 7 N–H and O–H groups in total. The second-order valence-electron chi connectivity index (χ2n) is 12.5. The standard InChI is InChI=1S/C35H35NO14/c37-14-27-28(40)29(41)30(50-34-31(42)35(44,16-46-34)15-45-32(43)23-11-18-3-1-2-4-22(18)36-23)33(49-27)47-20-8-5-17(6-9-20)25-13-24(39)21-10-7-19(38)12-26(21)48-25/h1-12,25,27-31,33-34,36-38,40-42,44H,13-16H2. The Balaban J connectivity index is 1.01. The van der Waals surface area contributed by atoms with Crippen LogP contribution in [0, 0.1) is 0 Å². The van der Waals surface area contributed by atoms with Crippen LogP contribution in [0.3, 0.4) is 0 Å². The number of aliphatic hydroxyl groups excluding tert-OH is 4. The third-order valence-corrected chi connectivity index (χ3v) is 9.03. The van der Waals surface area contributed by atoms with Gasteiger partial charge in [-0.1, -0.05) is 30.3 Å². The highest BCUT2D eigenvalue weighted by molar-refractivity contribution is 6.00. The van der Waals surface area contributed by atoms with Crippen LogP contribution in [0.2, 0.25) is 0 Å². The van der Waals surface area contributed by atoms with E-state index >= 15 is 0 Å². The van der Waals surface area contributed by atoms with E-state index in [-0.39, 0.29) is 35.1 Å². The molecule has 1 aromatic heterocycles. The van der Waals surface area contributed by atoms with Gasteiger partial charge in [-0.15, -0.1) is 0 Å². The number of carbonyl (C=O) groups is 2. The Kier molecular flexibility index (Phi) is 9.23. The number of fused-ring (bicyclic) bond motifs is 2. The fourth-order valence-electron chi connectivity index (χ4n) is 6.19. The fourth-order valence-corrected chi connectivity index (χ4v) is 6.19. The first kappa shape index (κ1) is 33.9. The number of aromatic amines is 1. The molecule has 9 atom stereocenters. The average Bonchev–Trinajstić information content (AvgIpc) is 3.67. The van der Waals surface area contributed by atoms with Gasteiger partial charge in [-0.2, -0.15) is 0 Å². The molecule has 0 radical (unpaired) electrons. The smallest absolute Gasteiger partial charge is 0.354 e. The number of ether oxygens (including phenoxy) is 6. The molecule has 4 aromatic rings. The number of hydrogen-bond acceptors (Lipinski definition) is 14. The summed E-state index contributed by atoms with van der Waals surface area (Å²) in [4.78, 5) is 28.3. The number of aromatic hydroxyl groups is 1. The Labute approximate surface area is 284 Å². The summed E-state index contributed by atoms with van der Waals surface area (Å²) in [5, 5.41) is 64.1. The maximum absolute atomic E-state index is 12.7. The van der Waals surface area contributed by atoms with Crippen molar-refractivity contribution in [3.8, 4) is 17.2 Å². The number of phenols is 1. The largest absolute Gasteiger partial charge is 0.508 e. The monoisotopic (exact) mass is 693 g/mol. The lowest BCUT2D eigenvalue weighted by Gasteiger charge is -2.42. The number of nitrogens with one attached hydrogen (secondary N) is 1. The van der Waals surface area contributed by atoms with Crippen LogP contribution >= 0.6 is 0 Å². The van der Waals surface area contributed by atoms with E-state index in [0.717, 1.165) is 5.39 Å². The second-order valence-corrected chi connectivity index (χ2v) is 12.5. The van der Waals surface area contributed by atoms with Gasteiger partial charge in [0.1, 0.15) is 60.1 Å². The van der Waals surface area contributed by atoms with Gasteiger partial charge < -0.3 is 64.0 Å². The molecule has 15 heteroatoms. The van der Waals surface area contributed by atoms with Crippen LogP contribution in [0.25, 0.3) is 10.9 Å². The summed E-state index contributed by atoms with van der Waals surface area (Å²) in [5.74, 6) is -0.485. The van der Waals surface area contributed by atoms with Crippen molar-refractivity contribution in [2.45, 2.75) is 61.2 Å². The first-order chi connectivity index (χ1) is 24.0. The van der Waals surface area contributed by atoms with E-state index in [2.05, 4.69) is 4.98 Å². The van der Waals surface area contributed by atoms with Crippen molar-refractivity contribution in [3.63, 3.8) is 0 Å². The molecule has 15 nitrogen and oxygen atoms in total. The van der Waals surface area contributed by atoms with Crippen molar-refractivity contribution in [2.75, 3.05) is 19.8 Å². The van der Waals surface area contributed by atoms with E-state index in [1.165, 1.54) is 18.2 Å². The van der Waals surface area contributed by atoms with Gasteiger partial charge in [0, 0.05) is 17.0 Å². The number of Topliss-reactive ketones (excluding diaryl/α,β-unsaturated/α-hetero) is 1. The van der Waals surface area contributed by atoms with Gasteiger partial charge in [0.2, 0.25) is 6.29 Å². The number of carbonyl (C=O) groups excluding carboxylic acids is 2. The molecule has 7 rings (SSSR count). The summed E-state index contributed by atoms with van der Waals surface area (Å²) < 4.78 is 34.2. The quantitative estimate of drug-likeness (QED) is 0.122. The van der Waals surface area contributed by atoms with E-state index in [0.29, 0.717) is 16.6 Å². The first-order valence-electron chi connectivity index (χ1n) is 15.9. The van der Waals surface area contributed by atoms with E-state index in [1.54, 1.807) is 42.5 Å². The van der Waals surface area contributed by atoms with Crippen LogP contribution in [-0.4, -0.2) is 116 Å². The third-order valence-electron chi connectivity index (χ3n) is 9.03. The number of ketones is 1. The van der Waals surface area contributed by atoms with Crippen molar-refractivity contribution in [1.29, 1.82) is 0 Å². The van der Waals surface area contributed by atoms with Crippen LogP contribution in [0.15, 0.2) is 72.8 Å². The highest BCUT2D eigenvalue weighted by Gasteiger charge is 2.54. The van der Waals surface area contributed by atoms with Crippen LogP contribution in [-0.2, 0) is 18.9 Å². The van der Waals surface area contributed by atoms with Crippen LogP contribution < -0.4 is 9.47 Å². The van der Waals surface area contributed by atoms with E-state index < -0.39 is 80.6 Å². The van der Waals surface area contributed by atoms with Gasteiger partial charge in [0.05, 0.1) is 25.2 Å². The highest BCUT2D eigenvalue weighted by Crippen LogP contribution is 2.38. The lowest BCUT2D eigenvalue weighted by Crippen LogP contribution is -2.62. The number of aliphatic hydroxyl groups is 5. The summed E-state index contributed by atoms with van der Waals surface area (Å²) in [6.07, 6.45) is -11.5. The first-order valence-corrected chi connectivity index (χ1v) is 15.9. The molecule has 0 saturated carbocycles. The Bertz CT molecular complexity index is 1830. The number of aromatic nitrogens is 1. The minimum absolute atomic E-state index is 0.0382. The molecule has 4 heterocycles. The van der Waals surface area contributed by atoms with E-state index in [9.17, 15) is 40.2 Å². The Morgan fingerprint density at radius 2 is 1.76 bits per heavy atom. The number of H-pyrrole nitrogens is 1. The molecule has 2 fully saturated rings. The molecular formula is C35H35NO14. The fraction of sp³-hybridized carbons (Fsp3) is 0.371. The zero-order chi connectivity index (χ0) is 35.2. The SMILES string of the molecule is O=C(OCC1(O)COC(OC2C(Oc3ccc(C4CC(=O)c5ccc(O)cc5O4)cc3)OC(CO)C(O)C2O)C1O)c1cc2ccccc2[nH]1. The minimum Gasteiger partial charge on any atom is -0.508 e. The maximum Gasteiger partial charge on any atom is 0.354 e. The van der Waals surface area contributed by atoms with Crippen LogP contribution in [0.4, 0.5) is 0 Å². The zero-order valence-electron chi connectivity index (χ0n) is 26.3. The Hall–Kier alpha value is -4.58. The molecule has 0 bridgehead atoms. The van der Waals surface area contributed by atoms with E-state index in [4.69, 9.17) is 28.4 Å². The van der Waals surface area contributed by atoms with Gasteiger partial charge in [-0.3, -0.25) is 4.79 Å². The summed E-state index contributed by atoms with van der Waals surface area (Å²) in [6, 6.07) is 19.5. The van der Waals surface area contributed by atoms with Gasteiger partial charge in [-0.05, 0) is 42.0 Å². The van der Waals surface area contributed by atoms with Crippen molar-refractivity contribution in [2.24, 2.45) is 0 Å². The minimum atomic E-state index is -2.09. The lowest BCUT2D eigenvalue weighted by atomic mass is 9.96. The zero-order valence-corrected chi connectivity index (χ0v) is 26.3. The topological polar surface area (TPSA) is 227 Å². The summed E-state index contributed by atoms with van der Waals surface area (Å²) in [5.41, 5.74) is -0.227. The van der Waals surface area contributed by atoms with Crippen molar-refractivity contribution < 1.29 is 68.6 Å². The maximum atomic E-state index is 12.7. The average molecular weight is 694 g/mol. The third kappa shape index (κ3) is 6.53. The molecule has 2 saturated heterocycles. The van der Waals surface area contributed by atoms with E-state index in [1.807, 2.05) is 12.1 Å². The van der Waals surface area contributed by atoms with Crippen molar-refractivity contribution in [3.05, 3.63) is 89.6 Å². The molecule has 50 heavy (non-hydrogen) atoms. The molecule has 3 aromatic carbocycles. The molecular weight excluding hydrogens is 658 g/mol. The molecule has 0 amide bonds. The molecule has 9 unspecified atom stereocenters. The van der Waals surface area contributed by atoms with Crippen molar-refractivity contribution in [1.82, 2.24) is 4.98 Å². The number of rotatable bonds is 9. The number of esters is 1. The number of para-hydroxylation sites is 1. The summed E-state index contributed by atoms with van der Waals surface area (Å²) >= 11 is 0.